The van der Waals surface area contributed by atoms with Crippen LogP contribution in [0.3, 0.4) is 0 Å². The Morgan fingerprint density at radius 1 is 1.69 bits per heavy atom. The summed E-state index contributed by atoms with van der Waals surface area (Å²) in [5.74, 6) is 0.292. The zero-order valence-electron chi connectivity index (χ0n) is 8.62. The first-order chi connectivity index (χ1) is 6.07. The van der Waals surface area contributed by atoms with Crippen LogP contribution in [0.1, 0.15) is 19.8 Å². The topological polar surface area (TPSA) is 49.8 Å². The highest BCUT2D eigenvalue weighted by atomic mass is 16.5. The summed E-state index contributed by atoms with van der Waals surface area (Å²) < 4.78 is 4.55. The van der Waals surface area contributed by atoms with Gasteiger partial charge >= 0.3 is 0 Å². The van der Waals surface area contributed by atoms with Crippen LogP contribution in [0.15, 0.2) is 0 Å². The van der Waals surface area contributed by atoms with Gasteiger partial charge in [-0.2, -0.15) is 0 Å². The summed E-state index contributed by atoms with van der Waals surface area (Å²) in [5.41, 5.74) is 0. The molecule has 1 aliphatic heterocycles. The van der Waals surface area contributed by atoms with E-state index < -0.39 is 0 Å². The van der Waals surface area contributed by atoms with Crippen LogP contribution in [0.2, 0.25) is 0 Å². The molecule has 1 rings (SSSR count). The third kappa shape index (κ3) is 6.54. The summed E-state index contributed by atoms with van der Waals surface area (Å²) in [6, 6.07) is 0. The zero-order valence-corrected chi connectivity index (χ0v) is 8.62. The van der Waals surface area contributed by atoms with Crippen LogP contribution < -0.4 is 0 Å². The number of aliphatic hydroxyl groups excluding tert-OH is 1. The van der Waals surface area contributed by atoms with Gasteiger partial charge < -0.3 is 14.7 Å². The highest BCUT2D eigenvalue weighted by molar-refractivity contribution is 5.77. The molecule has 1 saturated heterocycles. The van der Waals surface area contributed by atoms with Crippen LogP contribution in [0.5, 0.6) is 0 Å². The van der Waals surface area contributed by atoms with Gasteiger partial charge in [0.25, 0.3) is 0 Å². The minimum absolute atomic E-state index is 0.292. The van der Waals surface area contributed by atoms with Crippen LogP contribution in [0.4, 0.5) is 0 Å². The summed E-state index contributed by atoms with van der Waals surface area (Å²) in [5, 5.41) is 8.43. The van der Waals surface area contributed by atoms with Crippen molar-refractivity contribution in [3.8, 4) is 0 Å². The zero-order chi connectivity index (χ0) is 10.3. The van der Waals surface area contributed by atoms with Crippen LogP contribution >= 0.6 is 0 Å². The summed E-state index contributed by atoms with van der Waals surface area (Å²) in [6.45, 7) is 3.07. The maximum absolute atomic E-state index is 10.5. The molecule has 1 N–H and O–H groups in total. The predicted molar refractivity (Wildman–Crippen MR) is 50.4 cm³/mol. The second kappa shape index (κ2) is 6.86. The highest BCUT2D eigenvalue weighted by Crippen LogP contribution is 2.04. The average molecular weight is 189 g/mol. The molecule has 0 bridgehead atoms. The van der Waals surface area contributed by atoms with Crippen molar-refractivity contribution in [3.63, 3.8) is 0 Å². The van der Waals surface area contributed by atoms with E-state index in [0.29, 0.717) is 12.5 Å². The number of carbonyl (C=O) groups is 1. The third-order valence-corrected chi connectivity index (χ3v) is 1.72. The predicted octanol–water partition coefficient (Wildman–Crippen LogP) is 0.252. The van der Waals surface area contributed by atoms with Gasteiger partial charge in [-0.1, -0.05) is 0 Å². The number of amides is 1. The molecule has 0 saturated carbocycles. The van der Waals surface area contributed by atoms with Crippen molar-refractivity contribution in [3.05, 3.63) is 0 Å². The second-order valence-corrected chi connectivity index (χ2v) is 3.22. The lowest BCUT2D eigenvalue weighted by Crippen LogP contribution is -2.17. The van der Waals surface area contributed by atoms with Crippen LogP contribution in [0.25, 0.3) is 0 Å². The van der Waals surface area contributed by atoms with E-state index in [-0.39, 0.29) is 6.10 Å². The smallest absolute Gasteiger partial charge is 0.222 e. The molecule has 1 unspecified atom stereocenters. The van der Waals surface area contributed by atoms with Crippen molar-refractivity contribution in [2.75, 3.05) is 27.3 Å². The van der Waals surface area contributed by atoms with E-state index in [0.717, 1.165) is 19.4 Å². The van der Waals surface area contributed by atoms with Gasteiger partial charge in [0.05, 0.1) is 12.7 Å². The number of likely N-dealkylation sites (tertiary alicyclic amines) is 1. The summed E-state index contributed by atoms with van der Waals surface area (Å²) >= 11 is 0. The number of hydrogen-bond acceptors (Lipinski definition) is 3. The van der Waals surface area contributed by atoms with E-state index in [1.165, 1.54) is 0 Å². The van der Waals surface area contributed by atoms with E-state index in [4.69, 9.17) is 5.11 Å². The summed E-state index contributed by atoms with van der Waals surface area (Å²) in [4.78, 5) is 12.3. The molecular formula is C9H19NO3. The van der Waals surface area contributed by atoms with E-state index in [1.807, 2.05) is 7.05 Å². The van der Waals surface area contributed by atoms with Gasteiger partial charge in [0.2, 0.25) is 5.91 Å². The minimum Gasteiger partial charge on any atom is -0.391 e. The quantitative estimate of drug-likeness (QED) is 0.677. The Kier molecular flexibility index (Phi) is 6.54. The molecule has 1 atom stereocenters. The first kappa shape index (κ1) is 12.4. The minimum atomic E-state index is -0.324. The molecule has 0 aliphatic carbocycles. The van der Waals surface area contributed by atoms with Crippen molar-refractivity contribution in [2.45, 2.75) is 25.9 Å². The maximum Gasteiger partial charge on any atom is 0.222 e. The molecule has 0 aromatic carbocycles. The maximum atomic E-state index is 10.5. The molecular weight excluding hydrogens is 170 g/mol. The van der Waals surface area contributed by atoms with Crippen molar-refractivity contribution < 1.29 is 14.6 Å². The van der Waals surface area contributed by atoms with E-state index in [2.05, 4.69) is 4.74 Å². The summed E-state index contributed by atoms with van der Waals surface area (Å²) in [7, 11) is 3.40. The largest absolute Gasteiger partial charge is 0.391 e. The molecule has 78 valence electrons. The van der Waals surface area contributed by atoms with E-state index >= 15 is 0 Å². The Morgan fingerprint density at radius 3 is 2.38 bits per heavy atom. The number of carbonyl (C=O) groups excluding carboxylic acids is 1. The first-order valence-corrected chi connectivity index (χ1v) is 4.49. The highest BCUT2D eigenvalue weighted by Gasteiger charge is 2.14. The molecule has 0 radical (unpaired) electrons. The fraction of sp³-hybridized carbons (Fsp3) is 0.889. The van der Waals surface area contributed by atoms with Gasteiger partial charge in [-0.05, 0) is 13.3 Å². The standard InChI is InChI=1S/C5H9NO.C4H10O2/c1-6-4-2-3-5(6)7;1-4(5)3-6-2/h2-4H2,1H3;4-5H,3H2,1-2H3. The molecule has 4 nitrogen and oxygen atoms in total. The number of hydrogen-bond donors (Lipinski definition) is 1. The Labute approximate surface area is 79.5 Å². The number of methoxy groups -OCH3 is 1. The molecule has 0 aromatic rings. The molecule has 4 heteroatoms. The number of aliphatic hydroxyl groups is 1. The van der Waals surface area contributed by atoms with Crippen molar-refractivity contribution in [2.24, 2.45) is 0 Å². The van der Waals surface area contributed by atoms with Crippen LogP contribution in [-0.2, 0) is 9.53 Å². The third-order valence-electron chi connectivity index (χ3n) is 1.72. The molecule has 1 heterocycles. The van der Waals surface area contributed by atoms with Gasteiger partial charge in [-0.25, -0.2) is 0 Å². The van der Waals surface area contributed by atoms with E-state index in [9.17, 15) is 4.79 Å². The Hall–Kier alpha value is -0.610. The Balaban J connectivity index is 0.000000226. The lowest BCUT2D eigenvalue weighted by Gasteiger charge is -2.03. The number of ether oxygens (including phenoxy) is 1. The molecule has 1 fully saturated rings. The van der Waals surface area contributed by atoms with E-state index in [1.54, 1.807) is 18.9 Å². The molecule has 13 heavy (non-hydrogen) atoms. The van der Waals surface area contributed by atoms with Crippen molar-refractivity contribution in [1.82, 2.24) is 4.90 Å². The molecule has 0 spiro atoms. The molecule has 1 aliphatic rings. The lowest BCUT2D eigenvalue weighted by atomic mass is 10.4. The van der Waals surface area contributed by atoms with Gasteiger partial charge in [0, 0.05) is 27.1 Å². The second-order valence-electron chi connectivity index (χ2n) is 3.22. The van der Waals surface area contributed by atoms with Gasteiger partial charge in [0.1, 0.15) is 0 Å². The average Bonchev–Trinajstić information content (AvgIpc) is 2.37. The molecule has 0 aromatic heterocycles. The lowest BCUT2D eigenvalue weighted by molar-refractivity contribution is -0.126. The van der Waals surface area contributed by atoms with Crippen molar-refractivity contribution in [1.29, 1.82) is 0 Å². The van der Waals surface area contributed by atoms with Gasteiger partial charge in [0.15, 0.2) is 0 Å². The Morgan fingerprint density at radius 2 is 2.31 bits per heavy atom. The number of nitrogens with zero attached hydrogens (tertiary/aromatic N) is 1. The monoisotopic (exact) mass is 189 g/mol. The van der Waals surface area contributed by atoms with Crippen LogP contribution in [0, 0.1) is 0 Å². The first-order valence-electron chi connectivity index (χ1n) is 4.49. The fourth-order valence-electron chi connectivity index (χ4n) is 1.02. The van der Waals surface area contributed by atoms with Crippen LogP contribution in [-0.4, -0.2) is 49.3 Å². The SMILES string of the molecule is CN1CCCC1=O.COCC(C)O. The molecule has 1 amide bonds. The fourth-order valence-corrected chi connectivity index (χ4v) is 1.02. The number of rotatable bonds is 2. The van der Waals surface area contributed by atoms with Gasteiger partial charge in [-0.3, -0.25) is 4.79 Å². The normalized spacial score (nSPS) is 18.2. The van der Waals surface area contributed by atoms with Crippen molar-refractivity contribution >= 4 is 5.91 Å². The Bertz CT molecular complexity index is 148. The van der Waals surface area contributed by atoms with Gasteiger partial charge in [-0.15, -0.1) is 0 Å². The summed E-state index contributed by atoms with van der Waals surface area (Å²) in [6.07, 6.45) is 1.49.